The van der Waals surface area contributed by atoms with E-state index < -0.39 is 0 Å². The van der Waals surface area contributed by atoms with E-state index in [9.17, 15) is 0 Å². The lowest BCUT2D eigenvalue weighted by molar-refractivity contribution is 0.668. The van der Waals surface area contributed by atoms with E-state index in [1.54, 1.807) is 0 Å². The predicted octanol–water partition coefficient (Wildman–Crippen LogP) is -2.16. The Labute approximate surface area is 348 Å². The molecule has 6 nitrogen and oxygen atoms in total. The minimum atomic E-state index is 0.588. The quantitative estimate of drug-likeness (QED) is 0.192. The molecule has 0 amide bonds. The minimum absolute atomic E-state index is 0.588. The van der Waals surface area contributed by atoms with Crippen molar-refractivity contribution in [3.05, 3.63) is 109 Å². The number of para-hydroxylation sites is 2. The molecule has 4 heterocycles. The Morgan fingerprint density at radius 1 is 0.390 bits per heavy atom. The highest BCUT2D eigenvalue weighted by Gasteiger charge is 2.26. The first kappa shape index (κ1) is 35.6. The summed E-state index contributed by atoms with van der Waals surface area (Å²) in [4.78, 5) is 16.1. The second kappa shape index (κ2) is 13.0. The van der Waals surface area contributed by atoms with Crippen molar-refractivity contribution in [2.45, 2.75) is 0 Å². The Kier molecular flexibility index (Phi) is 7.84. The molecule has 11 rings (SSSR count). The molecule has 0 radical (unpaired) electrons. The number of nitrogens with zero attached hydrogens (tertiary/aromatic N) is 4. The zero-order valence-corrected chi connectivity index (χ0v) is 34.5. The summed E-state index contributed by atoms with van der Waals surface area (Å²) in [7, 11) is 18.0. The second-order valence-electron chi connectivity index (χ2n) is 16.2. The van der Waals surface area contributed by atoms with Gasteiger partial charge in [0.1, 0.15) is 85.1 Å². The zero-order valence-electron chi connectivity index (χ0n) is 34.5. The lowest BCUT2D eigenvalue weighted by Gasteiger charge is -2.17. The zero-order chi connectivity index (χ0) is 40.4. The van der Waals surface area contributed by atoms with Gasteiger partial charge in [-0.3, -0.25) is 4.57 Å². The molecule has 0 aliphatic carbocycles. The van der Waals surface area contributed by atoms with Gasteiger partial charge in [0.15, 0.2) is 11.6 Å². The van der Waals surface area contributed by atoms with Crippen molar-refractivity contribution in [2.75, 3.05) is 0 Å². The average Bonchev–Trinajstić information content (AvgIpc) is 3.96. The Bertz CT molecular complexity index is 3540. The standard InChI is InChI=1S/C45H34B8N4O2/c46-32-30-31-33(47)35(49)37(51)39(53)41(31)57(40(30)38(52)36(50)34(32)48)45-55-43(19-8-2-1-3-9-19)54-44(56-45)25-13-7-15-27-29(25)24-17-16-20(18-28(24)58-27)21-11-6-12-23-22-10-4-5-14-26(22)59-42(21)23/h1-18H,46-53H2. The van der Waals surface area contributed by atoms with Gasteiger partial charge in [0.2, 0.25) is 5.95 Å². The number of furan rings is 2. The van der Waals surface area contributed by atoms with E-state index in [2.05, 4.69) is 134 Å². The fraction of sp³-hybridized carbons (Fsp3) is 0. The van der Waals surface area contributed by atoms with Gasteiger partial charge in [-0.05, 0) is 40.6 Å². The van der Waals surface area contributed by atoms with Gasteiger partial charge in [-0.1, -0.05) is 118 Å². The van der Waals surface area contributed by atoms with Gasteiger partial charge >= 0.3 is 0 Å². The SMILES string of the molecule is Bc1c(B)c(B)c2c(c1B)c1c(B)c(B)c(B)c(B)c1n2-c1nc(-c2ccccc2)nc(-c2cccc3oc4cc(-c5cccc6c5oc5ccccc56)ccc4c23)n1. The maximum Gasteiger partial charge on any atom is 0.238 e. The van der Waals surface area contributed by atoms with Crippen molar-refractivity contribution in [1.82, 2.24) is 19.5 Å². The van der Waals surface area contributed by atoms with Gasteiger partial charge in [-0.2, -0.15) is 9.97 Å². The second-order valence-corrected chi connectivity index (χ2v) is 16.2. The third-order valence-corrected chi connectivity index (χ3v) is 13.3. The third-order valence-electron chi connectivity index (χ3n) is 13.3. The normalized spacial score (nSPS) is 11.9. The molecule has 0 spiro atoms. The van der Waals surface area contributed by atoms with Crippen LogP contribution in [-0.4, -0.2) is 82.3 Å². The van der Waals surface area contributed by atoms with Gasteiger partial charge in [0.05, 0.1) is 0 Å². The Balaban J connectivity index is 1.19. The molecule has 0 aliphatic rings. The minimum Gasteiger partial charge on any atom is -0.456 e. The van der Waals surface area contributed by atoms with Crippen molar-refractivity contribution < 1.29 is 8.83 Å². The summed E-state index contributed by atoms with van der Waals surface area (Å²) in [6, 6.07) is 37.4. The molecule has 270 valence electrons. The lowest BCUT2D eigenvalue weighted by atomic mass is 9.63. The Morgan fingerprint density at radius 2 is 0.983 bits per heavy atom. The number of hydrogen-bond acceptors (Lipinski definition) is 5. The van der Waals surface area contributed by atoms with Crippen molar-refractivity contribution >= 4 is 172 Å². The van der Waals surface area contributed by atoms with Crippen LogP contribution < -0.4 is 43.7 Å². The number of aromatic nitrogens is 4. The number of fused-ring (bicyclic) bond motifs is 9. The summed E-state index contributed by atoms with van der Waals surface area (Å²) in [5.41, 5.74) is 19.7. The molecule has 0 aliphatic heterocycles. The molecule has 0 unspecified atom stereocenters. The first-order valence-corrected chi connectivity index (χ1v) is 20.3. The monoisotopic (exact) mass is 750 g/mol. The summed E-state index contributed by atoms with van der Waals surface area (Å²) in [5.74, 6) is 1.80. The summed E-state index contributed by atoms with van der Waals surface area (Å²) in [6.07, 6.45) is 0. The van der Waals surface area contributed by atoms with Crippen LogP contribution in [0.4, 0.5) is 0 Å². The molecule has 7 aromatic carbocycles. The lowest BCUT2D eigenvalue weighted by Crippen LogP contribution is -2.49. The third kappa shape index (κ3) is 5.08. The molecule has 4 aromatic heterocycles. The largest absolute Gasteiger partial charge is 0.456 e. The van der Waals surface area contributed by atoms with Crippen molar-refractivity contribution in [2.24, 2.45) is 0 Å². The van der Waals surface area contributed by atoms with Crippen LogP contribution in [0.1, 0.15) is 0 Å². The molecule has 0 saturated heterocycles. The Morgan fingerprint density at radius 3 is 1.71 bits per heavy atom. The highest BCUT2D eigenvalue weighted by molar-refractivity contribution is 6.71. The molecule has 59 heavy (non-hydrogen) atoms. The molecular formula is C45H34B8N4O2. The summed E-state index contributed by atoms with van der Waals surface area (Å²) in [5, 5.41) is 6.70. The number of rotatable bonds is 4. The average molecular weight is 749 g/mol. The fourth-order valence-electron chi connectivity index (χ4n) is 9.52. The van der Waals surface area contributed by atoms with Crippen molar-refractivity contribution in [3.8, 4) is 39.9 Å². The van der Waals surface area contributed by atoms with E-state index >= 15 is 0 Å². The highest BCUT2D eigenvalue weighted by atomic mass is 16.3. The number of benzene rings is 7. The summed E-state index contributed by atoms with van der Waals surface area (Å²) < 4.78 is 15.4. The smallest absolute Gasteiger partial charge is 0.238 e. The van der Waals surface area contributed by atoms with Crippen molar-refractivity contribution in [3.63, 3.8) is 0 Å². The van der Waals surface area contributed by atoms with Gasteiger partial charge in [-0.15, -0.1) is 10.9 Å². The van der Waals surface area contributed by atoms with Gasteiger partial charge in [0, 0.05) is 49.3 Å². The van der Waals surface area contributed by atoms with E-state index in [1.165, 1.54) is 54.5 Å². The first-order chi connectivity index (χ1) is 28.6. The topological polar surface area (TPSA) is 69.9 Å². The van der Waals surface area contributed by atoms with Crippen molar-refractivity contribution in [1.29, 1.82) is 0 Å². The molecular weight excluding hydrogens is 715 g/mol. The molecule has 0 N–H and O–H groups in total. The van der Waals surface area contributed by atoms with Gasteiger partial charge in [0.25, 0.3) is 0 Å². The van der Waals surface area contributed by atoms with Gasteiger partial charge in [-0.25, -0.2) is 4.98 Å². The molecule has 14 heteroatoms. The summed E-state index contributed by atoms with van der Waals surface area (Å²) >= 11 is 0. The van der Waals surface area contributed by atoms with Crippen LogP contribution in [0.2, 0.25) is 0 Å². The molecule has 0 saturated carbocycles. The van der Waals surface area contributed by atoms with E-state index in [1.807, 2.05) is 42.5 Å². The van der Waals surface area contributed by atoms with Crippen LogP contribution in [0.5, 0.6) is 0 Å². The van der Waals surface area contributed by atoms with Crippen LogP contribution in [0.3, 0.4) is 0 Å². The highest BCUT2D eigenvalue weighted by Crippen LogP contribution is 2.41. The maximum absolute atomic E-state index is 6.68. The maximum atomic E-state index is 6.68. The molecule has 11 aromatic rings. The summed E-state index contributed by atoms with van der Waals surface area (Å²) in [6.45, 7) is 0. The fourth-order valence-corrected chi connectivity index (χ4v) is 9.52. The van der Waals surface area contributed by atoms with E-state index in [0.29, 0.717) is 17.6 Å². The number of hydrogen-bond donors (Lipinski definition) is 0. The van der Waals surface area contributed by atoms with Crippen LogP contribution >= 0.6 is 0 Å². The van der Waals surface area contributed by atoms with Crippen LogP contribution in [0.25, 0.3) is 106 Å². The van der Waals surface area contributed by atoms with Crippen LogP contribution in [0.15, 0.2) is 118 Å². The van der Waals surface area contributed by atoms with E-state index in [-0.39, 0.29) is 0 Å². The Hall–Kier alpha value is -6.53. The van der Waals surface area contributed by atoms with E-state index in [4.69, 9.17) is 23.8 Å². The molecule has 0 fully saturated rings. The molecule has 0 atom stereocenters. The first-order valence-electron chi connectivity index (χ1n) is 20.3. The molecule has 0 bridgehead atoms. The predicted molar refractivity (Wildman–Crippen MR) is 270 cm³/mol. The van der Waals surface area contributed by atoms with E-state index in [0.717, 1.165) is 77.2 Å². The van der Waals surface area contributed by atoms with Gasteiger partial charge < -0.3 is 8.83 Å². The van der Waals surface area contributed by atoms with Crippen LogP contribution in [0, 0.1) is 0 Å². The van der Waals surface area contributed by atoms with Crippen LogP contribution in [-0.2, 0) is 0 Å².